The van der Waals surface area contributed by atoms with Gasteiger partial charge in [-0.1, -0.05) is 71.8 Å². The van der Waals surface area contributed by atoms with Crippen molar-refractivity contribution in [3.05, 3.63) is 105 Å². The highest BCUT2D eigenvalue weighted by Crippen LogP contribution is 2.26. The normalized spacial score (nSPS) is 17.2. The fourth-order valence-electron chi connectivity index (χ4n) is 6.17. The molecule has 3 nitrogen and oxygen atoms in total. The van der Waals surface area contributed by atoms with E-state index in [4.69, 9.17) is 11.6 Å². The number of carbonyl (C=O) groups is 1. The Kier molecular flexibility index (Phi) is 9.32. The number of carbonyl (C=O) groups excluding carboxylic acids is 1. The number of fused-ring (bicyclic) bond motifs is 1. The molecule has 38 heavy (non-hydrogen) atoms. The summed E-state index contributed by atoms with van der Waals surface area (Å²) in [5, 5.41) is 0.866. The van der Waals surface area contributed by atoms with Crippen LogP contribution in [0.3, 0.4) is 0 Å². The predicted molar refractivity (Wildman–Crippen MR) is 158 cm³/mol. The first-order valence-electron chi connectivity index (χ1n) is 14.4. The van der Waals surface area contributed by atoms with E-state index in [1.165, 1.54) is 40.7 Å². The summed E-state index contributed by atoms with van der Waals surface area (Å²) in [6.45, 7) is 8.46. The highest BCUT2D eigenvalue weighted by atomic mass is 35.5. The number of hydrogen-bond acceptors (Lipinski definition) is 3. The van der Waals surface area contributed by atoms with Gasteiger partial charge in [-0.05, 0) is 98.8 Å². The molecule has 3 aromatic rings. The molecular weight excluding hydrogens is 488 g/mol. The van der Waals surface area contributed by atoms with Crippen molar-refractivity contribution in [3.8, 4) is 0 Å². The van der Waals surface area contributed by atoms with Crippen LogP contribution in [-0.2, 0) is 25.9 Å². The van der Waals surface area contributed by atoms with E-state index in [0.717, 1.165) is 81.5 Å². The van der Waals surface area contributed by atoms with Crippen molar-refractivity contribution in [2.24, 2.45) is 5.92 Å². The lowest BCUT2D eigenvalue weighted by Crippen LogP contribution is -2.33. The van der Waals surface area contributed by atoms with Crippen molar-refractivity contribution in [1.82, 2.24) is 9.80 Å². The molecule has 0 unspecified atom stereocenters. The molecule has 0 aromatic heterocycles. The number of likely N-dealkylation sites (tertiary alicyclic amines) is 1. The Hall–Kier alpha value is -2.46. The van der Waals surface area contributed by atoms with E-state index < -0.39 is 0 Å². The molecule has 0 radical (unpaired) electrons. The lowest BCUT2D eigenvalue weighted by molar-refractivity contribution is 0.0974. The number of piperidine rings is 1. The van der Waals surface area contributed by atoms with Crippen molar-refractivity contribution in [1.29, 1.82) is 0 Å². The summed E-state index contributed by atoms with van der Waals surface area (Å²) in [4.78, 5) is 18.1. The van der Waals surface area contributed by atoms with Gasteiger partial charge in [0.05, 0.1) is 0 Å². The predicted octanol–water partition coefficient (Wildman–Crippen LogP) is 7.51. The zero-order valence-electron chi connectivity index (χ0n) is 22.8. The first-order valence-corrected chi connectivity index (χ1v) is 14.8. The van der Waals surface area contributed by atoms with Crippen LogP contribution in [0.25, 0.3) is 0 Å². The molecule has 0 amide bonds. The van der Waals surface area contributed by atoms with E-state index in [0.29, 0.717) is 12.2 Å². The summed E-state index contributed by atoms with van der Waals surface area (Å²) >= 11 is 6.35. The van der Waals surface area contributed by atoms with Crippen LogP contribution >= 0.6 is 11.6 Å². The van der Waals surface area contributed by atoms with Gasteiger partial charge in [0.2, 0.25) is 0 Å². The number of Topliss-reactive ketones (excluding diaryl/α,β-unsaturated/α-hetero) is 1. The fraction of sp³-hybridized carbons (Fsp3) is 0.441. The minimum absolute atomic E-state index is 0.310. The summed E-state index contributed by atoms with van der Waals surface area (Å²) in [5.74, 6) is 1.04. The first kappa shape index (κ1) is 27.1. The van der Waals surface area contributed by atoms with E-state index in [9.17, 15) is 4.79 Å². The van der Waals surface area contributed by atoms with Gasteiger partial charge < -0.3 is 0 Å². The Morgan fingerprint density at radius 1 is 0.842 bits per heavy atom. The van der Waals surface area contributed by atoms with Gasteiger partial charge in [0.25, 0.3) is 0 Å². The zero-order valence-corrected chi connectivity index (χ0v) is 23.6. The molecule has 1 saturated heterocycles. The highest BCUT2D eigenvalue weighted by Gasteiger charge is 2.21. The Morgan fingerprint density at radius 2 is 1.61 bits per heavy atom. The highest BCUT2D eigenvalue weighted by molar-refractivity contribution is 6.31. The van der Waals surface area contributed by atoms with Gasteiger partial charge in [-0.2, -0.15) is 0 Å². The van der Waals surface area contributed by atoms with Gasteiger partial charge in [0, 0.05) is 43.2 Å². The number of halogens is 1. The number of rotatable bonds is 9. The quantitative estimate of drug-likeness (QED) is 0.268. The SMILES string of the molecule is Cc1cccc(CN2CCc3ccc(C(=O)CCCC4CCN(Cc5ccccc5Cl)CC4)cc3CC2)c1. The molecule has 1 fully saturated rings. The van der Waals surface area contributed by atoms with Crippen LogP contribution < -0.4 is 0 Å². The van der Waals surface area contributed by atoms with Crippen molar-refractivity contribution in [2.45, 2.75) is 65.0 Å². The molecule has 4 heteroatoms. The second kappa shape index (κ2) is 13.1. The van der Waals surface area contributed by atoms with Crippen LogP contribution in [0, 0.1) is 12.8 Å². The summed E-state index contributed by atoms with van der Waals surface area (Å²) < 4.78 is 0. The van der Waals surface area contributed by atoms with Gasteiger partial charge in [0.15, 0.2) is 5.78 Å². The second-order valence-corrected chi connectivity index (χ2v) is 11.8. The summed E-state index contributed by atoms with van der Waals surface area (Å²) in [6, 6.07) is 23.5. The second-order valence-electron chi connectivity index (χ2n) is 11.4. The van der Waals surface area contributed by atoms with Gasteiger partial charge in [-0.15, -0.1) is 0 Å². The number of aryl methyl sites for hydroxylation is 1. The molecule has 0 bridgehead atoms. The van der Waals surface area contributed by atoms with Crippen molar-refractivity contribution in [2.75, 3.05) is 26.2 Å². The molecule has 0 N–H and O–H groups in total. The van der Waals surface area contributed by atoms with E-state index in [1.54, 1.807) is 0 Å². The maximum absolute atomic E-state index is 13.1. The lowest BCUT2D eigenvalue weighted by atomic mass is 9.90. The minimum atomic E-state index is 0.310. The van der Waals surface area contributed by atoms with Crippen LogP contribution in [0.15, 0.2) is 66.7 Å². The Labute approximate surface area is 233 Å². The van der Waals surface area contributed by atoms with Crippen LogP contribution in [0.5, 0.6) is 0 Å². The average Bonchev–Trinajstić information content (AvgIpc) is 3.13. The maximum atomic E-state index is 13.1. The summed E-state index contributed by atoms with van der Waals surface area (Å²) in [5.41, 5.74) is 7.62. The zero-order chi connectivity index (χ0) is 26.3. The Balaban J connectivity index is 1.05. The molecule has 200 valence electrons. The van der Waals surface area contributed by atoms with E-state index >= 15 is 0 Å². The first-order chi connectivity index (χ1) is 18.5. The summed E-state index contributed by atoms with van der Waals surface area (Å²) in [7, 11) is 0. The van der Waals surface area contributed by atoms with E-state index in [2.05, 4.69) is 71.3 Å². The van der Waals surface area contributed by atoms with Crippen molar-refractivity contribution < 1.29 is 4.79 Å². The smallest absolute Gasteiger partial charge is 0.162 e. The van der Waals surface area contributed by atoms with Gasteiger partial charge in [-0.3, -0.25) is 14.6 Å². The largest absolute Gasteiger partial charge is 0.299 e. The number of hydrogen-bond donors (Lipinski definition) is 0. The van der Waals surface area contributed by atoms with Crippen LogP contribution in [0.1, 0.15) is 70.3 Å². The molecule has 5 rings (SSSR count). The molecule has 0 atom stereocenters. The topological polar surface area (TPSA) is 23.6 Å². The Morgan fingerprint density at radius 3 is 2.39 bits per heavy atom. The molecular formula is C34H41ClN2O. The van der Waals surface area contributed by atoms with Crippen LogP contribution in [-0.4, -0.2) is 41.8 Å². The number of nitrogens with zero attached hydrogens (tertiary/aromatic N) is 2. The monoisotopic (exact) mass is 528 g/mol. The van der Waals surface area contributed by atoms with E-state index in [1.807, 2.05) is 12.1 Å². The molecule has 3 aromatic carbocycles. The van der Waals surface area contributed by atoms with Crippen molar-refractivity contribution in [3.63, 3.8) is 0 Å². The van der Waals surface area contributed by atoms with Crippen LogP contribution in [0.4, 0.5) is 0 Å². The van der Waals surface area contributed by atoms with Gasteiger partial charge in [-0.25, -0.2) is 0 Å². The van der Waals surface area contributed by atoms with Crippen LogP contribution in [0.2, 0.25) is 5.02 Å². The molecule has 2 aliphatic rings. The third kappa shape index (κ3) is 7.34. The minimum Gasteiger partial charge on any atom is -0.299 e. The van der Waals surface area contributed by atoms with Crippen molar-refractivity contribution >= 4 is 17.4 Å². The van der Waals surface area contributed by atoms with Gasteiger partial charge >= 0.3 is 0 Å². The molecule has 0 saturated carbocycles. The third-order valence-electron chi connectivity index (χ3n) is 8.49. The standard InChI is InChI=1S/C34H41ClN2O/c1-26-6-4-8-28(22-26)24-36-20-16-29-12-13-31(23-30(29)17-21-36)34(38)11-5-7-27-14-18-37(19-15-27)25-32-9-2-3-10-33(32)35/h2-4,6,8-10,12-13,22-23,27H,5,7,11,14-21,24-25H2,1H3. The maximum Gasteiger partial charge on any atom is 0.162 e. The lowest BCUT2D eigenvalue weighted by Gasteiger charge is -2.32. The molecule has 2 aliphatic heterocycles. The average molecular weight is 529 g/mol. The number of ketones is 1. The Bertz CT molecular complexity index is 1230. The molecule has 0 spiro atoms. The third-order valence-corrected chi connectivity index (χ3v) is 8.86. The molecule has 0 aliphatic carbocycles. The van der Waals surface area contributed by atoms with E-state index in [-0.39, 0.29) is 0 Å². The molecule has 2 heterocycles. The summed E-state index contributed by atoms with van der Waals surface area (Å²) in [6.07, 6.45) is 7.34. The number of benzene rings is 3. The fourth-order valence-corrected chi connectivity index (χ4v) is 6.36. The van der Waals surface area contributed by atoms with Gasteiger partial charge in [0.1, 0.15) is 0 Å².